The number of anilines is 3. The molecule has 0 saturated carbocycles. The summed E-state index contributed by atoms with van der Waals surface area (Å²) in [6.45, 7) is 32.0. The minimum atomic E-state index is -3.47. The number of nitrogen functional groups attached to an aromatic ring is 1. The lowest BCUT2D eigenvalue weighted by Crippen LogP contribution is -2.35. The van der Waals surface area contributed by atoms with E-state index in [1.54, 1.807) is 41.5 Å². The van der Waals surface area contributed by atoms with Crippen LogP contribution in [0.15, 0.2) is 66.7 Å². The number of nitrogens with zero attached hydrogens (tertiary/aromatic N) is 12. The number of esters is 2. The first kappa shape index (κ1) is 65.7. The highest BCUT2D eigenvalue weighted by atomic mass is 32.2. The van der Waals surface area contributed by atoms with Crippen molar-refractivity contribution in [3.05, 3.63) is 94.0 Å². The summed E-state index contributed by atoms with van der Waals surface area (Å²) in [7, 11) is -5.72. The van der Waals surface area contributed by atoms with Gasteiger partial charge in [-0.2, -0.15) is 10.2 Å². The largest absolute Gasteiger partial charge is 0.462 e. The number of hydrogen-bond acceptors (Lipinski definition) is 22. The number of carbonyl (C=O) groups excluding carboxylic acids is 2. The molecule has 2 aliphatic heterocycles. The van der Waals surface area contributed by atoms with E-state index < -0.39 is 26.0 Å². The van der Waals surface area contributed by atoms with Crippen molar-refractivity contribution in [3.8, 4) is 22.5 Å². The van der Waals surface area contributed by atoms with Gasteiger partial charge in [-0.3, -0.25) is 18.6 Å². The molecule has 466 valence electrons. The van der Waals surface area contributed by atoms with Crippen molar-refractivity contribution in [3.63, 3.8) is 0 Å². The summed E-state index contributed by atoms with van der Waals surface area (Å²) in [5.74, 6) is 0.0380. The number of carbonyl (C=O) groups is 2. The summed E-state index contributed by atoms with van der Waals surface area (Å²) in [4.78, 5) is 48.2. The van der Waals surface area contributed by atoms with Crippen LogP contribution in [0.5, 0.6) is 0 Å². The molecule has 0 unspecified atom stereocenters. The zero-order chi connectivity index (χ0) is 61.8. The fraction of sp³-hybridized carbons (Fsp3) is 0.509. The van der Waals surface area contributed by atoms with E-state index in [-0.39, 0.29) is 17.0 Å². The van der Waals surface area contributed by atoms with Gasteiger partial charge in [-0.15, -0.1) is 22.7 Å². The van der Waals surface area contributed by atoms with Crippen molar-refractivity contribution in [2.45, 2.75) is 111 Å². The maximum absolute atomic E-state index is 12.8. The van der Waals surface area contributed by atoms with Crippen molar-refractivity contribution in [1.82, 2.24) is 58.1 Å². The third-order valence-electron chi connectivity index (χ3n) is 13.6. The molecule has 2 saturated heterocycles. The van der Waals surface area contributed by atoms with Gasteiger partial charge in [0.25, 0.3) is 0 Å². The van der Waals surface area contributed by atoms with Gasteiger partial charge in [0.05, 0.1) is 97.2 Å². The lowest BCUT2D eigenvalue weighted by Gasteiger charge is -2.26. The second-order valence-electron chi connectivity index (χ2n) is 23.4. The Kier molecular flexibility index (Phi) is 22.6. The summed E-state index contributed by atoms with van der Waals surface area (Å²) < 4.78 is 64.1. The highest BCUT2D eigenvalue weighted by Crippen LogP contribution is 2.34. The summed E-state index contributed by atoms with van der Waals surface area (Å²) >= 11 is 2.67. The van der Waals surface area contributed by atoms with Crippen LogP contribution < -0.4 is 11.1 Å². The van der Waals surface area contributed by atoms with Crippen molar-refractivity contribution in [1.29, 1.82) is 0 Å². The molecule has 0 bridgehead atoms. The molecular weight excluding hydrogens is 1190 g/mol. The number of rotatable bonds is 23. The van der Waals surface area contributed by atoms with Crippen LogP contribution in [-0.2, 0) is 64.8 Å². The topological polar surface area (TPSA) is 264 Å². The average molecular weight is 1280 g/mol. The van der Waals surface area contributed by atoms with E-state index in [1.807, 2.05) is 66.0 Å². The van der Waals surface area contributed by atoms with E-state index in [1.165, 1.54) is 22.7 Å². The molecule has 10 heterocycles. The van der Waals surface area contributed by atoms with E-state index in [2.05, 4.69) is 74.6 Å². The van der Waals surface area contributed by atoms with E-state index in [4.69, 9.17) is 44.1 Å². The van der Waals surface area contributed by atoms with E-state index in [0.29, 0.717) is 84.0 Å². The highest BCUT2D eigenvalue weighted by molar-refractivity contribution is 7.90. The number of imidazole rings is 2. The molecule has 0 aliphatic carbocycles. The lowest BCUT2D eigenvalue weighted by molar-refractivity contribution is 0.0336. The van der Waals surface area contributed by atoms with Gasteiger partial charge in [0.15, 0.2) is 32.0 Å². The lowest BCUT2D eigenvalue weighted by atomic mass is 10.2. The van der Waals surface area contributed by atoms with E-state index in [9.17, 15) is 18.0 Å². The number of fused-ring (bicyclic) bond motifs is 2. The SMILES string of the molecule is CCOC(=O)c1sc(N)cc1CN1CCOCC1.CCOC(=O)c1sc(Nc2nc(C)cn3c(-c4cnn(COCC[Si](C)(C)C)c4)cnc23)cc1CN1CCOCC1.Cc1cn2c(-c3cnn(COCC[Si](C)(C)C)c3)cnc2c(S(C)(=O)=O)n1. The Balaban J connectivity index is 0.000000183. The van der Waals surface area contributed by atoms with Gasteiger partial charge >= 0.3 is 11.9 Å². The Morgan fingerprint density at radius 2 is 1.13 bits per heavy atom. The standard InChI is InChI=1S/C28H39N7O4SSi.C17H25N5O3SSi.C12H18N2O3S/c1-6-39-28(36)25-21(17-33-7-9-37-10-8-33)13-24(40-25)32-26-27-29-15-23(35(27)16-20(2)31-26)22-14-30-34(18-22)19-38-11-12-41(3,4)5;1-13-10-22-15(9-18-16(22)17(20-13)26(2,23)24)14-8-19-21(11-14)12-25-6-7-27(3,4)5;1-2-17-12(15)11-9(7-10(13)18-11)8-14-3-5-16-6-4-14/h13-16,18H,6-12,17,19H2,1-5H3,(H,31,32);8-11H,6-7,12H2,1-5H3;7H,2-6,8,13H2,1H3. The van der Waals surface area contributed by atoms with Crippen LogP contribution in [0, 0.1) is 13.8 Å². The summed E-state index contributed by atoms with van der Waals surface area (Å²) in [6.07, 6.45) is 15.7. The Labute approximate surface area is 512 Å². The molecule has 0 aromatic carbocycles. The Morgan fingerprint density at radius 3 is 1.62 bits per heavy atom. The fourth-order valence-corrected chi connectivity index (χ4v) is 13.3. The fourth-order valence-electron chi connectivity index (χ4n) is 9.18. The highest BCUT2D eigenvalue weighted by Gasteiger charge is 2.25. The first-order valence-electron chi connectivity index (χ1n) is 28.8. The maximum Gasteiger partial charge on any atom is 0.348 e. The molecule has 2 aliphatic rings. The van der Waals surface area contributed by atoms with Gasteiger partial charge in [-0.25, -0.2) is 47.3 Å². The summed E-state index contributed by atoms with van der Waals surface area (Å²) in [6, 6.07) is 6.11. The Bertz CT molecular complexity index is 3660. The normalized spacial score (nSPS) is 14.5. The quantitative estimate of drug-likeness (QED) is 0.0344. The van der Waals surface area contributed by atoms with Gasteiger partial charge < -0.3 is 39.5 Å². The number of aromatic nitrogens is 10. The number of aryl methyl sites for hydroxylation is 2. The number of morpholine rings is 2. The van der Waals surface area contributed by atoms with Gasteiger partial charge in [-0.1, -0.05) is 39.3 Å². The summed E-state index contributed by atoms with van der Waals surface area (Å²) in [5, 5.41) is 13.7. The number of nitrogens with one attached hydrogen (secondary N) is 1. The van der Waals surface area contributed by atoms with Gasteiger partial charge in [0.1, 0.15) is 23.2 Å². The molecular formula is C57H82N14O10S3Si2. The van der Waals surface area contributed by atoms with Crippen LogP contribution in [0.4, 0.5) is 15.8 Å². The van der Waals surface area contributed by atoms with Crippen molar-refractivity contribution in [2.75, 3.05) is 96.3 Å². The van der Waals surface area contributed by atoms with Crippen LogP contribution in [0.3, 0.4) is 0 Å². The molecule has 29 heteroatoms. The third-order valence-corrected chi connectivity index (χ3v) is 20.1. The number of hydrogen-bond donors (Lipinski definition) is 2. The van der Waals surface area contributed by atoms with Crippen molar-refractivity contribution in [2.24, 2.45) is 0 Å². The van der Waals surface area contributed by atoms with Crippen molar-refractivity contribution < 1.29 is 46.4 Å². The molecule has 0 spiro atoms. The zero-order valence-corrected chi connectivity index (χ0v) is 55.7. The summed E-state index contributed by atoms with van der Waals surface area (Å²) in [5.41, 5.74) is 13.6. The monoisotopic (exact) mass is 1270 g/mol. The first-order chi connectivity index (χ1) is 40.9. The predicted octanol–water partition coefficient (Wildman–Crippen LogP) is 8.98. The number of ether oxygens (including phenoxy) is 6. The molecule has 3 N–H and O–H groups in total. The average Bonchev–Trinajstić information content (AvgIpc) is 1.72. The van der Waals surface area contributed by atoms with Crippen LogP contribution in [0.1, 0.15) is 55.7 Å². The Morgan fingerprint density at radius 1 is 0.663 bits per heavy atom. The first-order valence-corrected chi connectivity index (χ1v) is 39.7. The van der Waals surface area contributed by atoms with E-state index >= 15 is 0 Å². The van der Waals surface area contributed by atoms with Crippen LogP contribution in [-0.4, -0.2) is 180 Å². The third kappa shape index (κ3) is 18.4. The molecule has 10 rings (SSSR count). The molecule has 8 aromatic rings. The van der Waals surface area contributed by atoms with Crippen LogP contribution in [0.2, 0.25) is 51.4 Å². The minimum absolute atomic E-state index is 0.0178. The number of nitrogens with two attached hydrogens (primary N) is 1. The Hall–Kier alpha value is -6.26. The van der Waals surface area contributed by atoms with E-state index in [0.717, 1.165) is 122 Å². The number of thiophene rings is 2. The number of sulfone groups is 1. The molecule has 0 amide bonds. The van der Waals surface area contributed by atoms with Gasteiger partial charge in [0.2, 0.25) is 0 Å². The zero-order valence-electron chi connectivity index (χ0n) is 51.3. The van der Waals surface area contributed by atoms with Gasteiger partial charge in [-0.05, 0) is 63.0 Å². The van der Waals surface area contributed by atoms with Crippen LogP contribution in [0.25, 0.3) is 33.8 Å². The second-order valence-corrected chi connectivity index (χ2v) is 38.7. The molecule has 8 aromatic heterocycles. The molecule has 2 fully saturated rings. The maximum atomic E-state index is 12.8. The van der Waals surface area contributed by atoms with Crippen LogP contribution >= 0.6 is 22.7 Å². The van der Waals surface area contributed by atoms with Crippen molar-refractivity contribution >= 4 is 87.7 Å². The second kappa shape index (κ2) is 29.6. The minimum Gasteiger partial charge on any atom is -0.462 e. The predicted molar refractivity (Wildman–Crippen MR) is 340 cm³/mol. The molecule has 0 atom stereocenters. The molecule has 0 radical (unpaired) electrons. The van der Waals surface area contributed by atoms with Gasteiger partial charge in [0, 0.05) is 111 Å². The smallest absolute Gasteiger partial charge is 0.348 e. The molecule has 86 heavy (non-hydrogen) atoms. The molecule has 24 nitrogen and oxygen atoms in total.